The second-order valence-corrected chi connectivity index (χ2v) is 12.5. The van der Waals surface area contributed by atoms with E-state index in [2.05, 4.69) is 4.74 Å². The van der Waals surface area contributed by atoms with E-state index < -0.39 is 44.6 Å². The lowest BCUT2D eigenvalue weighted by Gasteiger charge is -2.07. The summed E-state index contributed by atoms with van der Waals surface area (Å²) < 4.78 is 132. The minimum Gasteiger partial charge on any atom is -0.406 e. The van der Waals surface area contributed by atoms with Gasteiger partial charge in [-0.15, -0.1) is 13.2 Å². The van der Waals surface area contributed by atoms with Gasteiger partial charge in [0.05, 0.1) is 20.9 Å². The Morgan fingerprint density at radius 3 is 1.35 bits per heavy atom. The number of nitrogens with two attached hydrogens (primary N) is 5. The normalized spacial score (nSPS) is 11.0. The van der Waals surface area contributed by atoms with Gasteiger partial charge in [-0.25, -0.2) is 8.42 Å². The number of para-hydroxylation sites is 2. The molecule has 21 heteroatoms. The molecule has 10 N–H and O–H groups in total. The first-order chi connectivity index (χ1) is 25.2. The highest BCUT2D eigenvalue weighted by Gasteiger charge is 2.31. The summed E-state index contributed by atoms with van der Waals surface area (Å²) in [5.74, 6) is -0.267. The Hall–Kier alpha value is -6.38. The number of hydrogen-bond donors (Lipinski definition) is 5. The molecule has 5 rings (SSSR count). The van der Waals surface area contributed by atoms with E-state index in [1.165, 1.54) is 66.9 Å². The Morgan fingerprint density at radius 1 is 0.564 bits per heavy atom. The minimum atomic E-state index is -4.64. The molecule has 55 heavy (non-hydrogen) atoms. The lowest BCUT2D eigenvalue weighted by molar-refractivity contribution is -0.383. The molecule has 0 saturated heterocycles. The van der Waals surface area contributed by atoms with Gasteiger partial charge in [-0.2, -0.15) is 26.3 Å². The number of nitro benzene ring substituents is 1. The van der Waals surface area contributed by atoms with Crippen molar-refractivity contribution in [2.45, 2.75) is 23.6 Å². The van der Waals surface area contributed by atoms with E-state index in [1.807, 2.05) is 0 Å². The van der Waals surface area contributed by atoms with E-state index >= 15 is 0 Å². The SMILES string of the molecule is CS(=O)(=O)c1ccc(N)cc1.Nc1ccc(C(F)(F)F)cc1.Nc1ccc(OC(F)(F)F)cc1.Nc1cccc(C(F)(F)F)c1.Nc1ccccc1[N+](=O)[O-]. The highest BCUT2D eigenvalue weighted by atomic mass is 32.2. The summed E-state index contributed by atoms with van der Waals surface area (Å²) in [5.41, 5.74) is 26.5. The second-order valence-electron chi connectivity index (χ2n) is 10.5. The smallest absolute Gasteiger partial charge is 0.406 e. The summed E-state index contributed by atoms with van der Waals surface area (Å²) in [6, 6.07) is 26.1. The van der Waals surface area contributed by atoms with Crippen LogP contribution in [0.25, 0.3) is 0 Å². The van der Waals surface area contributed by atoms with Gasteiger partial charge in [-0.3, -0.25) is 10.1 Å². The largest absolute Gasteiger partial charge is 0.573 e. The fraction of sp³-hybridized carbons (Fsp3) is 0.118. The topological polar surface area (TPSA) is 217 Å². The Balaban J connectivity index is 0.000000344. The number of hydrogen-bond acceptors (Lipinski definition) is 10. The Kier molecular flexibility index (Phi) is 17.1. The van der Waals surface area contributed by atoms with Gasteiger partial charge in [0.2, 0.25) is 0 Å². The van der Waals surface area contributed by atoms with Crippen molar-refractivity contribution in [3.63, 3.8) is 0 Å². The van der Waals surface area contributed by atoms with Crippen LogP contribution in [-0.2, 0) is 22.2 Å². The molecule has 0 saturated carbocycles. The Morgan fingerprint density at radius 2 is 1.00 bits per heavy atom. The van der Waals surface area contributed by atoms with Gasteiger partial charge in [0.1, 0.15) is 11.4 Å². The van der Waals surface area contributed by atoms with Crippen molar-refractivity contribution >= 4 is 44.0 Å². The molecule has 0 fully saturated rings. The molecule has 11 nitrogen and oxygen atoms in total. The van der Waals surface area contributed by atoms with Crippen molar-refractivity contribution in [3.05, 3.63) is 143 Å². The van der Waals surface area contributed by atoms with Gasteiger partial charge in [-0.1, -0.05) is 18.2 Å². The van der Waals surface area contributed by atoms with Crippen LogP contribution in [0, 0.1) is 10.1 Å². The van der Waals surface area contributed by atoms with Crippen LogP contribution in [0.3, 0.4) is 0 Å². The van der Waals surface area contributed by atoms with E-state index in [1.54, 1.807) is 24.3 Å². The summed E-state index contributed by atoms with van der Waals surface area (Å²) in [7, 11) is -3.08. The number of rotatable bonds is 3. The maximum Gasteiger partial charge on any atom is 0.573 e. The van der Waals surface area contributed by atoms with Crippen LogP contribution in [0.4, 0.5) is 73.6 Å². The number of sulfone groups is 1. The van der Waals surface area contributed by atoms with Gasteiger partial charge >= 0.3 is 18.7 Å². The van der Waals surface area contributed by atoms with Crippen molar-refractivity contribution in [1.82, 2.24) is 0 Å². The molecule has 0 aliphatic rings. The van der Waals surface area contributed by atoms with E-state index in [-0.39, 0.29) is 22.8 Å². The fourth-order valence-corrected chi connectivity index (χ4v) is 4.06. The standard InChI is InChI=1S/C7H6F3NO.2C7H6F3N.C7H9NO2S.C6H6N2O2/c8-7(9,10)12-6-3-1-5(11)2-4-6;8-7(9,10)5-1-3-6(11)4-2-5;8-7(9,10)5-2-1-3-6(11)4-5;1-11(9,10)7-4-2-6(8)3-5-7;7-5-3-1-2-4-6(5)8(9)10/h1-4H,11H2;2*1-4H,11H2;2-5H,8H2,1H3;1-4H,7H2. The second kappa shape index (κ2) is 20.2. The van der Waals surface area contributed by atoms with E-state index in [4.69, 9.17) is 28.7 Å². The first-order valence-electron chi connectivity index (χ1n) is 14.7. The highest BCUT2D eigenvalue weighted by molar-refractivity contribution is 7.90. The van der Waals surface area contributed by atoms with Crippen LogP contribution in [0.15, 0.2) is 126 Å². The molecule has 0 spiro atoms. The highest BCUT2D eigenvalue weighted by Crippen LogP contribution is 2.30. The molecule has 0 aromatic heterocycles. The molecule has 5 aromatic carbocycles. The van der Waals surface area contributed by atoms with E-state index in [0.29, 0.717) is 22.0 Å². The average Bonchev–Trinajstić information content (AvgIpc) is 3.06. The molecular formula is C34H33F9N6O5S. The number of ether oxygens (including phenoxy) is 1. The summed E-state index contributed by atoms with van der Waals surface area (Å²) in [4.78, 5) is 9.94. The number of nitrogens with zero attached hydrogens (tertiary/aromatic N) is 1. The number of nitrogen functional groups attached to an aromatic ring is 5. The van der Waals surface area contributed by atoms with Crippen LogP contribution in [0.2, 0.25) is 0 Å². The van der Waals surface area contributed by atoms with Crippen molar-refractivity contribution in [2.75, 3.05) is 34.9 Å². The molecule has 0 radical (unpaired) electrons. The zero-order chi connectivity index (χ0) is 42.2. The lowest BCUT2D eigenvalue weighted by atomic mass is 10.2. The molecular weight excluding hydrogens is 775 g/mol. The zero-order valence-corrected chi connectivity index (χ0v) is 29.0. The van der Waals surface area contributed by atoms with E-state index in [0.717, 1.165) is 36.4 Å². The van der Waals surface area contributed by atoms with Crippen molar-refractivity contribution in [2.24, 2.45) is 0 Å². The first kappa shape index (κ1) is 46.6. The van der Waals surface area contributed by atoms with Crippen LogP contribution >= 0.6 is 0 Å². The maximum atomic E-state index is 11.9. The van der Waals surface area contributed by atoms with Crippen molar-refractivity contribution in [3.8, 4) is 5.75 Å². The number of benzene rings is 5. The Labute approximate surface area is 308 Å². The monoisotopic (exact) mass is 808 g/mol. The quantitative estimate of drug-likeness (QED) is 0.0506. The fourth-order valence-electron chi connectivity index (χ4n) is 3.43. The molecule has 5 aromatic rings. The predicted octanol–water partition coefficient (Wildman–Crippen LogP) is 8.59. The summed E-state index contributed by atoms with van der Waals surface area (Å²) >= 11 is 0. The van der Waals surface area contributed by atoms with Gasteiger partial charge in [0.15, 0.2) is 9.84 Å². The first-order valence-corrected chi connectivity index (χ1v) is 16.6. The number of nitro groups is 1. The number of halogens is 9. The van der Waals surface area contributed by atoms with Crippen LogP contribution in [-0.4, -0.2) is 26.0 Å². The molecule has 0 aliphatic heterocycles. The molecule has 0 amide bonds. The Bertz CT molecular complexity index is 2050. The van der Waals surface area contributed by atoms with Gasteiger partial charge in [0, 0.05) is 35.1 Å². The maximum absolute atomic E-state index is 11.9. The lowest BCUT2D eigenvalue weighted by Crippen LogP contribution is -2.16. The third kappa shape index (κ3) is 19.3. The number of anilines is 5. The van der Waals surface area contributed by atoms with Crippen molar-refractivity contribution in [1.29, 1.82) is 0 Å². The van der Waals surface area contributed by atoms with Gasteiger partial charge < -0.3 is 33.4 Å². The van der Waals surface area contributed by atoms with Crippen molar-refractivity contribution < 1.29 is 57.6 Å². The van der Waals surface area contributed by atoms with Gasteiger partial charge in [0.25, 0.3) is 5.69 Å². The molecule has 0 heterocycles. The minimum absolute atomic E-state index is 0.0394. The predicted molar refractivity (Wildman–Crippen MR) is 191 cm³/mol. The molecule has 0 atom stereocenters. The molecule has 0 unspecified atom stereocenters. The van der Waals surface area contributed by atoms with Crippen LogP contribution in [0.5, 0.6) is 5.75 Å². The van der Waals surface area contributed by atoms with E-state index in [9.17, 15) is 58.0 Å². The third-order valence-corrected chi connectivity index (χ3v) is 7.14. The van der Waals surface area contributed by atoms with Gasteiger partial charge in [-0.05, 0) is 97.1 Å². The molecule has 298 valence electrons. The summed E-state index contributed by atoms with van der Waals surface area (Å²) in [6.45, 7) is 0. The number of alkyl halides is 9. The summed E-state index contributed by atoms with van der Waals surface area (Å²) in [5, 5.41) is 10.1. The average molecular weight is 809 g/mol. The van der Waals surface area contributed by atoms with Crippen LogP contribution < -0.4 is 33.4 Å². The van der Waals surface area contributed by atoms with Crippen LogP contribution in [0.1, 0.15) is 11.1 Å². The summed E-state index contributed by atoms with van der Waals surface area (Å²) in [6.07, 6.45) is -12.0. The molecule has 0 aliphatic carbocycles. The third-order valence-electron chi connectivity index (χ3n) is 6.01. The zero-order valence-electron chi connectivity index (χ0n) is 28.2. The molecule has 0 bridgehead atoms.